The van der Waals surface area contributed by atoms with Gasteiger partial charge in [0, 0.05) is 11.5 Å². The van der Waals surface area contributed by atoms with Gasteiger partial charge < -0.3 is 14.2 Å². The lowest BCUT2D eigenvalue weighted by molar-refractivity contribution is -0.206. The molecule has 0 aliphatic carbocycles. The van der Waals surface area contributed by atoms with Crippen LogP contribution in [0.2, 0.25) is 0 Å². The summed E-state index contributed by atoms with van der Waals surface area (Å²) in [5.74, 6) is 2.29. The average Bonchev–Trinajstić information content (AvgIpc) is 2.87. The Labute approximate surface area is 201 Å². The van der Waals surface area contributed by atoms with Crippen molar-refractivity contribution in [3.05, 3.63) is 66.7 Å². The minimum Gasteiger partial charge on any atom is -0.494 e. The van der Waals surface area contributed by atoms with Crippen molar-refractivity contribution in [2.45, 2.75) is 71.5 Å². The molecule has 1 aliphatic rings. The number of hydrogen-bond acceptors (Lipinski definition) is 3. The van der Waals surface area contributed by atoms with E-state index in [0.29, 0.717) is 5.92 Å². The highest BCUT2D eigenvalue weighted by molar-refractivity contribution is 5.64. The van der Waals surface area contributed by atoms with E-state index in [0.717, 1.165) is 62.7 Å². The van der Waals surface area contributed by atoms with Crippen molar-refractivity contribution in [1.82, 2.24) is 0 Å². The molecule has 0 aromatic heterocycles. The lowest BCUT2D eigenvalue weighted by Gasteiger charge is -2.29. The van der Waals surface area contributed by atoms with Crippen molar-refractivity contribution in [1.29, 1.82) is 0 Å². The maximum Gasteiger partial charge on any atom is 0.183 e. The number of allylic oxidation sites excluding steroid dienone is 1. The molecule has 3 heteroatoms. The zero-order valence-corrected chi connectivity index (χ0v) is 20.6. The smallest absolute Gasteiger partial charge is 0.183 e. The summed E-state index contributed by atoms with van der Waals surface area (Å²) in [5, 5.41) is 0. The third-order valence-electron chi connectivity index (χ3n) is 6.66. The van der Waals surface area contributed by atoms with E-state index < -0.39 is 0 Å². The van der Waals surface area contributed by atoms with Gasteiger partial charge in [-0.05, 0) is 54.9 Å². The molecule has 1 heterocycles. The monoisotopic (exact) mass is 450 g/mol. The van der Waals surface area contributed by atoms with Crippen molar-refractivity contribution < 1.29 is 14.2 Å². The Morgan fingerprint density at radius 3 is 2.24 bits per heavy atom. The maximum absolute atomic E-state index is 5.98. The molecule has 2 aromatic carbocycles. The second-order valence-electron chi connectivity index (χ2n) is 9.44. The molecule has 2 aromatic rings. The molecule has 0 saturated carbocycles. The zero-order chi connectivity index (χ0) is 23.3. The highest BCUT2D eigenvalue weighted by Gasteiger charge is 2.23. The van der Waals surface area contributed by atoms with Gasteiger partial charge in [0.05, 0.1) is 19.8 Å². The molecule has 0 N–H and O–H groups in total. The summed E-state index contributed by atoms with van der Waals surface area (Å²) in [6.07, 6.45) is 11.4. The van der Waals surface area contributed by atoms with Gasteiger partial charge in [0.2, 0.25) is 0 Å². The van der Waals surface area contributed by atoms with Gasteiger partial charge in [0.15, 0.2) is 6.29 Å². The van der Waals surface area contributed by atoms with Crippen LogP contribution in [0.15, 0.2) is 61.2 Å². The lowest BCUT2D eigenvalue weighted by atomic mass is 10.0. The quantitative estimate of drug-likeness (QED) is 0.214. The van der Waals surface area contributed by atoms with Crippen LogP contribution in [0.5, 0.6) is 5.75 Å². The largest absolute Gasteiger partial charge is 0.494 e. The van der Waals surface area contributed by atoms with E-state index in [2.05, 4.69) is 69.0 Å². The Morgan fingerprint density at radius 1 is 0.939 bits per heavy atom. The number of ether oxygens (including phenoxy) is 3. The van der Waals surface area contributed by atoms with Crippen LogP contribution < -0.4 is 4.74 Å². The van der Waals surface area contributed by atoms with Crippen LogP contribution >= 0.6 is 0 Å². The predicted molar refractivity (Wildman–Crippen MR) is 137 cm³/mol. The van der Waals surface area contributed by atoms with Crippen LogP contribution in [0.1, 0.15) is 77.1 Å². The van der Waals surface area contributed by atoms with Crippen molar-refractivity contribution in [2.75, 3.05) is 19.8 Å². The summed E-state index contributed by atoms with van der Waals surface area (Å²) in [5.41, 5.74) is 3.46. The minimum absolute atomic E-state index is 0.254. The molecule has 0 amide bonds. The first-order valence-electron chi connectivity index (χ1n) is 12.9. The molecule has 0 bridgehead atoms. The Morgan fingerprint density at radius 2 is 1.61 bits per heavy atom. The standard InChI is InChI=1S/C30H42O3/c1-4-6-8-12-25-22-32-30(33-23-25)28-15-13-26(14-16-28)27-17-19-29(20-18-27)31-21-10-7-9-11-24(3)5-2/h4,13-20,24-25,30H,1,5-12,21-23H2,2-3H3/t24-,25?,30?/m0/s1. The number of unbranched alkanes of at least 4 members (excludes halogenated alkanes) is 3. The molecule has 1 atom stereocenters. The molecule has 3 nitrogen and oxygen atoms in total. The molecule has 0 unspecified atom stereocenters. The van der Waals surface area contributed by atoms with E-state index in [1.807, 2.05) is 6.08 Å². The second kappa shape index (κ2) is 14.2. The third kappa shape index (κ3) is 8.64. The normalized spacial score (nSPS) is 19.2. The van der Waals surface area contributed by atoms with E-state index >= 15 is 0 Å². The van der Waals surface area contributed by atoms with Gasteiger partial charge >= 0.3 is 0 Å². The maximum atomic E-state index is 5.98. The van der Waals surface area contributed by atoms with Crippen molar-refractivity contribution in [3.63, 3.8) is 0 Å². The van der Waals surface area contributed by atoms with Gasteiger partial charge in [0.25, 0.3) is 0 Å². The molecule has 1 saturated heterocycles. The highest BCUT2D eigenvalue weighted by Crippen LogP contribution is 2.29. The predicted octanol–water partition coefficient (Wildman–Crippen LogP) is 8.36. The van der Waals surface area contributed by atoms with Gasteiger partial charge in [-0.25, -0.2) is 0 Å². The molecule has 0 radical (unpaired) electrons. The Hall–Kier alpha value is -2.10. The van der Waals surface area contributed by atoms with Gasteiger partial charge in [-0.2, -0.15) is 0 Å². The summed E-state index contributed by atoms with van der Waals surface area (Å²) in [7, 11) is 0. The first-order valence-corrected chi connectivity index (χ1v) is 12.9. The highest BCUT2D eigenvalue weighted by atomic mass is 16.7. The molecular formula is C30H42O3. The first-order chi connectivity index (χ1) is 16.2. The summed E-state index contributed by atoms with van der Waals surface area (Å²) < 4.78 is 17.9. The summed E-state index contributed by atoms with van der Waals surface area (Å²) in [6.45, 7) is 10.7. The molecule has 33 heavy (non-hydrogen) atoms. The number of benzene rings is 2. The van der Waals surface area contributed by atoms with E-state index in [9.17, 15) is 0 Å². The Balaban J connectivity index is 1.40. The van der Waals surface area contributed by atoms with Crippen molar-refractivity contribution in [3.8, 4) is 16.9 Å². The van der Waals surface area contributed by atoms with Crippen molar-refractivity contribution in [2.24, 2.45) is 11.8 Å². The van der Waals surface area contributed by atoms with Crippen LogP contribution in [0.25, 0.3) is 11.1 Å². The minimum atomic E-state index is -0.254. The molecular weight excluding hydrogens is 408 g/mol. The summed E-state index contributed by atoms with van der Waals surface area (Å²) >= 11 is 0. The zero-order valence-electron chi connectivity index (χ0n) is 20.6. The molecule has 1 fully saturated rings. The van der Waals surface area contributed by atoms with Crippen molar-refractivity contribution >= 4 is 0 Å². The average molecular weight is 451 g/mol. The van der Waals surface area contributed by atoms with Gasteiger partial charge in [0.1, 0.15) is 5.75 Å². The summed E-state index contributed by atoms with van der Waals surface area (Å²) in [6, 6.07) is 16.9. The van der Waals surface area contributed by atoms with Gasteiger partial charge in [-0.15, -0.1) is 6.58 Å². The molecule has 0 spiro atoms. The van der Waals surface area contributed by atoms with E-state index in [1.165, 1.54) is 36.8 Å². The van der Waals surface area contributed by atoms with Crippen LogP contribution in [0, 0.1) is 11.8 Å². The van der Waals surface area contributed by atoms with Crippen LogP contribution in [0.4, 0.5) is 0 Å². The van der Waals surface area contributed by atoms with E-state index in [4.69, 9.17) is 14.2 Å². The first kappa shape index (κ1) is 25.5. The number of rotatable bonds is 14. The number of hydrogen-bond donors (Lipinski definition) is 0. The second-order valence-corrected chi connectivity index (χ2v) is 9.44. The van der Waals surface area contributed by atoms with E-state index in [-0.39, 0.29) is 6.29 Å². The van der Waals surface area contributed by atoms with Crippen LogP contribution in [-0.4, -0.2) is 19.8 Å². The van der Waals surface area contributed by atoms with Crippen LogP contribution in [-0.2, 0) is 9.47 Å². The molecule has 180 valence electrons. The lowest BCUT2D eigenvalue weighted by Crippen LogP contribution is -2.27. The Kier molecular flexibility index (Phi) is 11.0. The fraction of sp³-hybridized carbons (Fsp3) is 0.533. The fourth-order valence-corrected chi connectivity index (χ4v) is 4.20. The molecule has 1 aliphatic heterocycles. The molecule has 3 rings (SSSR count). The van der Waals surface area contributed by atoms with Gasteiger partial charge in [-0.3, -0.25) is 0 Å². The topological polar surface area (TPSA) is 27.7 Å². The van der Waals surface area contributed by atoms with Crippen LogP contribution in [0.3, 0.4) is 0 Å². The van der Waals surface area contributed by atoms with Gasteiger partial charge in [-0.1, -0.05) is 82.0 Å². The van der Waals surface area contributed by atoms with E-state index in [1.54, 1.807) is 0 Å². The Bertz CT molecular complexity index is 788. The SMILES string of the molecule is C=CCCCC1COC(c2ccc(-c3ccc(OCCCCC[C@@H](C)CC)cc3)cc2)OC1. The fourth-order valence-electron chi connectivity index (χ4n) is 4.20. The third-order valence-corrected chi connectivity index (χ3v) is 6.66. The summed E-state index contributed by atoms with van der Waals surface area (Å²) in [4.78, 5) is 0.